The molecule has 0 aromatic heterocycles. The monoisotopic (exact) mass is 317 g/mol. The second-order valence-corrected chi connectivity index (χ2v) is 8.90. The van der Waals surface area contributed by atoms with Gasteiger partial charge in [-0.05, 0) is 59.5 Å². The van der Waals surface area contributed by atoms with E-state index in [2.05, 4.69) is 24.1 Å². The fourth-order valence-electron chi connectivity index (χ4n) is 3.40. The zero-order valence-corrected chi connectivity index (χ0v) is 14.5. The van der Waals surface area contributed by atoms with Crippen LogP contribution in [0.1, 0.15) is 46.5 Å². The molecule has 1 N–H and O–H groups in total. The Balaban J connectivity index is 1.72. The molecule has 21 heavy (non-hydrogen) atoms. The molecule has 0 aromatic carbocycles. The van der Waals surface area contributed by atoms with Crippen LogP contribution in [0.3, 0.4) is 0 Å². The van der Waals surface area contributed by atoms with Crippen LogP contribution in [0.4, 0.5) is 0 Å². The highest BCUT2D eigenvalue weighted by Gasteiger charge is 2.29. The number of nitrogens with one attached hydrogen (secondary N) is 1. The van der Waals surface area contributed by atoms with E-state index < -0.39 is 10.0 Å². The minimum absolute atomic E-state index is 0.221. The molecule has 0 amide bonds. The number of rotatable bonds is 5. The summed E-state index contributed by atoms with van der Waals surface area (Å²) < 4.78 is 25.4. The Morgan fingerprint density at radius 1 is 1.00 bits per heavy atom. The average molecular weight is 317 g/mol. The van der Waals surface area contributed by atoms with Gasteiger partial charge in [-0.1, -0.05) is 0 Å². The van der Waals surface area contributed by atoms with Crippen LogP contribution in [-0.4, -0.2) is 67.7 Å². The van der Waals surface area contributed by atoms with Gasteiger partial charge in [0, 0.05) is 31.2 Å². The zero-order valence-electron chi connectivity index (χ0n) is 13.7. The van der Waals surface area contributed by atoms with Gasteiger partial charge < -0.3 is 10.2 Å². The van der Waals surface area contributed by atoms with Crippen LogP contribution < -0.4 is 5.32 Å². The van der Waals surface area contributed by atoms with Crippen LogP contribution in [0, 0.1) is 0 Å². The molecule has 0 aliphatic carbocycles. The fourth-order valence-corrected chi connectivity index (χ4v) is 4.53. The Bertz CT molecular complexity index is 409. The summed E-state index contributed by atoms with van der Waals surface area (Å²) in [7, 11) is -3.00. The maximum Gasteiger partial charge on any atom is 0.213 e. The van der Waals surface area contributed by atoms with Gasteiger partial charge in [0.15, 0.2) is 0 Å². The standard InChI is InChI=1S/C15H31N3O2S/c1-4-21(19,20)18-11-7-15(8-12-18)16-14-5-9-17(10-6-14)13(2)3/h13-16H,4-12H2,1-3H3. The summed E-state index contributed by atoms with van der Waals surface area (Å²) in [6.07, 6.45) is 4.32. The van der Waals surface area contributed by atoms with Crippen LogP contribution in [-0.2, 0) is 10.0 Å². The molecule has 2 aliphatic heterocycles. The van der Waals surface area contributed by atoms with Gasteiger partial charge in [-0.15, -0.1) is 0 Å². The summed E-state index contributed by atoms with van der Waals surface area (Å²) >= 11 is 0. The van der Waals surface area contributed by atoms with Gasteiger partial charge in [0.2, 0.25) is 10.0 Å². The molecule has 0 saturated carbocycles. The van der Waals surface area contributed by atoms with Gasteiger partial charge >= 0.3 is 0 Å². The molecular weight excluding hydrogens is 286 g/mol. The van der Waals surface area contributed by atoms with Crippen LogP contribution in [0.25, 0.3) is 0 Å². The first-order chi connectivity index (χ1) is 9.92. The van der Waals surface area contributed by atoms with Gasteiger partial charge in [0.25, 0.3) is 0 Å². The van der Waals surface area contributed by atoms with Crippen molar-refractivity contribution in [3.8, 4) is 0 Å². The Kier molecular flexibility index (Phi) is 6.05. The second kappa shape index (κ2) is 7.40. The highest BCUT2D eigenvalue weighted by atomic mass is 32.2. The average Bonchev–Trinajstić information content (AvgIpc) is 2.48. The first kappa shape index (κ1) is 17.2. The van der Waals surface area contributed by atoms with E-state index in [1.807, 2.05) is 0 Å². The highest BCUT2D eigenvalue weighted by Crippen LogP contribution is 2.18. The molecule has 5 nitrogen and oxygen atoms in total. The van der Waals surface area contributed by atoms with Crippen molar-refractivity contribution in [2.45, 2.75) is 64.6 Å². The highest BCUT2D eigenvalue weighted by molar-refractivity contribution is 7.89. The molecule has 0 unspecified atom stereocenters. The first-order valence-corrected chi connectivity index (χ1v) is 10.0. The lowest BCUT2D eigenvalue weighted by Crippen LogP contribution is -2.51. The molecule has 2 aliphatic rings. The van der Waals surface area contributed by atoms with Crippen molar-refractivity contribution >= 4 is 10.0 Å². The Morgan fingerprint density at radius 2 is 1.48 bits per heavy atom. The SMILES string of the molecule is CCS(=O)(=O)N1CCC(NC2CCN(C(C)C)CC2)CC1. The topological polar surface area (TPSA) is 52.7 Å². The summed E-state index contributed by atoms with van der Waals surface area (Å²) in [5.41, 5.74) is 0. The molecule has 2 saturated heterocycles. The Labute approximate surface area is 130 Å². The third-order valence-corrected chi connectivity index (χ3v) is 6.82. The van der Waals surface area contributed by atoms with Crippen molar-refractivity contribution in [3.05, 3.63) is 0 Å². The molecule has 0 bridgehead atoms. The summed E-state index contributed by atoms with van der Waals surface area (Å²) in [6, 6.07) is 1.75. The van der Waals surface area contributed by atoms with Gasteiger partial charge in [-0.25, -0.2) is 12.7 Å². The minimum atomic E-state index is -3.00. The van der Waals surface area contributed by atoms with Crippen LogP contribution in [0.2, 0.25) is 0 Å². The van der Waals surface area contributed by atoms with Crippen molar-refractivity contribution in [3.63, 3.8) is 0 Å². The summed E-state index contributed by atoms with van der Waals surface area (Å²) in [5.74, 6) is 0.221. The van der Waals surface area contributed by atoms with E-state index in [-0.39, 0.29) is 5.75 Å². The number of sulfonamides is 1. The molecule has 0 radical (unpaired) electrons. The van der Waals surface area contributed by atoms with Crippen LogP contribution in [0.15, 0.2) is 0 Å². The normalized spacial score (nSPS) is 24.8. The number of likely N-dealkylation sites (tertiary alicyclic amines) is 1. The van der Waals surface area contributed by atoms with Gasteiger partial charge in [0.05, 0.1) is 5.75 Å². The zero-order chi connectivity index (χ0) is 15.5. The van der Waals surface area contributed by atoms with E-state index in [1.165, 1.54) is 25.9 Å². The quantitative estimate of drug-likeness (QED) is 0.829. The maximum absolute atomic E-state index is 11.9. The van der Waals surface area contributed by atoms with Crippen molar-refractivity contribution in [1.29, 1.82) is 0 Å². The summed E-state index contributed by atoms with van der Waals surface area (Å²) in [4.78, 5) is 2.54. The Morgan fingerprint density at radius 3 is 1.90 bits per heavy atom. The maximum atomic E-state index is 11.9. The van der Waals surface area contributed by atoms with Gasteiger partial charge in [-0.2, -0.15) is 0 Å². The van der Waals surface area contributed by atoms with E-state index in [0.29, 0.717) is 31.2 Å². The van der Waals surface area contributed by atoms with E-state index in [9.17, 15) is 8.42 Å². The number of nitrogens with zero attached hydrogens (tertiary/aromatic N) is 2. The van der Waals surface area contributed by atoms with E-state index in [0.717, 1.165) is 12.8 Å². The number of hydrogen-bond donors (Lipinski definition) is 1. The first-order valence-electron chi connectivity index (χ1n) is 8.40. The molecule has 0 atom stereocenters. The molecule has 124 valence electrons. The molecule has 6 heteroatoms. The van der Waals surface area contributed by atoms with Crippen LogP contribution in [0.5, 0.6) is 0 Å². The molecule has 2 heterocycles. The third kappa shape index (κ3) is 4.65. The lowest BCUT2D eigenvalue weighted by molar-refractivity contribution is 0.150. The van der Waals surface area contributed by atoms with Gasteiger partial charge in [0.1, 0.15) is 0 Å². The molecule has 0 aromatic rings. The molecular formula is C15H31N3O2S. The predicted molar refractivity (Wildman–Crippen MR) is 86.9 cm³/mol. The van der Waals surface area contributed by atoms with Crippen molar-refractivity contribution in [2.24, 2.45) is 0 Å². The second-order valence-electron chi connectivity index (χ2n) is 6.64. The minimum Gasteiger partial charge on any atom is -0.311 e. The van der Waals surface area contributed by atoms with E-state index >= 15 is 0 Å². The molecule has 0 spiro atoms. The van der Waals surface area contributed by atoms with E-state index in [4.69, 9.17) is 0 Å². The number of hydrogen-bond acceptors (Lipinski definition) is 4. The fraction of sp³-hybridized carbons (Fsp3) is 1.00. The largest absolute Gasteiger partial charge is 0.311 e. The van der Waals surface area contributed by atoms with E-state index in [1.54, 1.807) is 11.2 Å². The summed E-state index contributed by atoms with van der Waals surface area (Å²) in [6.45, 7) is 9.96. The van der Waals surface area contributed by atoms with Gasteiger partial charge in [-0.3, -0.25) is 0 Å². The summed E-state index contributed by atoms with van der Waals surface area (Å²) in [5, 5.41) is 3.76. The number of piperidine rings is 2. The van der Waals surface area contributed by atoms with Crippen LogP contribution >= 0.6 is 0 Å². The van der Waals surface area contributed by atoms with Crippen molar-refractivity contribution < 1.29 is 8.42 Å². The third-order valence-electron chi connectivity index (χ3n) is 4.94. The smallest absolute Gasteiger partial charge is 0.213 e. The van der Waals surface area contributed by atoms with Crippen molar-refractivity contribution in [1.82, 2.24) is 14.5 Å². The molecule has 2 fully saturated rings. The Hall–Kier alpha value is -0.170. The lowest BCUT2D eigenvalue weighted by Gasteiger charge is -2.38. The van der Waals surface area contributed by atoms with Crippen molar-refractivity contribution in [2.75, 3.05) is 31.9 Å². The lowest BCUT2D eigenvalue weighted by atomic mass is 9.99. The molecule has 2 rings (SSSR count). The predicted octanol–water partition coefficient (Wildman–Crippen LogP) is 1.26.